The summed E-state index contributed by atoms with van der Waals surface area (Å²) in [5.41, 5.74) is 0.551. The molecule has 1 amide bonds. The van der Waals surface area contributed by atoms with Gasteiger partial charge < -0.3 is 15.3 Å². The molecule has 0 bridgehead atoms. The van der Waals surface area contributed by atoms with Gasteiger partial charge in [0.2, 0.25) is 0 Å². The van der Waals surface area contributed by atoms with Gasteiger partial charge in [0.15, 0.2) is 0 Å². The minimum absolute atomic E-state index is 0.0159. The Kier molecular flexibility index (Phi) is 4.20. The number of phenols is 1. The van der Waals surface area contributed by atoms with Gasteiger partial charge in [0, 0.05) is 18.7 Å². The van der Waals surface area contributed by atoms with Crippen molar-refractivity contribution >= 4 is 5.91 Å². The Balaban J connectivity index is 2.07. The molecule has 1 fully saturated rings. The number of carbonyl (C=O) groups excluding carboxylic acids is 1. The van der Waals surface area contributed by atoms with Crippen LogP contribution < -0.4 is 5.32 Å². The van der Waals surface area contributed by atoms with Gasteiger partial charge in [0.1, 0.15) is 5.75 Å². The summed E-state index contributed by atoms with van der Waals surface area (Å²) < 4.78 is 0. The number of amides is 1. The second kappa shape index (κ2) is 5.87. The molecule has 1 atom stereocenters. The van der Waals surface area contributed by atoms with Crippen molar-refractivity contribution in [1.29, 1.82) is 0 Å². The van der Waals surface area contributed by atoms with Crippen LogP contribution in [0.4, 0.5) is 0 Å². The van der Waals surface area contributed by atoms with Crippen LogP contribution >= 0.6 is 0 Å². The Bertz CT molecular complexity index is 412. The van der Waals surface area contributed by atoms with E-state index in [0.717, 1.165) is 32.4 Å². The van der Waals surface area contributed by atoms with Crippen molar-refractivity contribution in [3.05, 3.63) is 29.8 Å². The molecular formula is C14H20N2O2. The number of hydrogen-bond donors (Lipinski definition) is 2. The summed E-state index contributed by atoms with van der Waals surface area (Å²) >= 11 is 0. The standard InChI is InChI=1S/C14H20N2O2/c1-16(12-5-3-8-15-9-7-12)14(18)11-4-2-6-13(17)10-11/h2,4,6,10,12,15,17H,3,5,7-9H2,1H3. The highest BCUT2D eigenvalue weighted by Gasteiger charge is 2.22. The molecule has 98 valence electrons. The molecule has 0 aromatic heterocycles. The number of benzene rings is 1. The third kappa shape index (κ3) is 3.01. The molecule has 1 aliphatic rings. The summed E-state index contributed by atoms with van der Waals surface area (Å²) in [5, 5.41) is 12.8. The van der Waals surface area contributed by atoms with Gasteiger partial charge >= 0.3 is 0 Å². The number of rotatable bonds is 2. The molecule has 1 aromatic rings. The van der Waals surface area contributed by atoms with Crippen molar-refractivity contribution in [3.8, 4) is 5.75 Å². The molecule has 2 rings (SSSR count). The fourth-order valence-corrected chi connectivity index (χ4v) is 2.40. The number of nitrogens with one attached hydrogen (secondary N) is 1. The van der Waals surface area contributed by atoms with E-state index in [0.29, 0.717) is 5.56 Å². The summed E-state index contributed by atoms with van der Waals surface area (Å²) in [6.07, 6.45) is 3.12. The van der Waals surface area contributed by atoms with Gasteiger partial charge in [-0.25, -0.2) is 0 Å². The summed E-state index contributed by atoms with van der Waals surface area (Å²) in [5.74, 6) is 0.120. The summed E-state index contributed by atoms with van der Waals surface area (Å²) in [6, 6.07) is 6.83. The summed E-state index contributed by atoms with van der Waals surface area (Å²) in [4.78, 5) is 14.1. The smallest absolute Gasteiger partial charge is 0.253 e. The maximum Gasteiger partial charge on any atom is 0.253 e. The van der Waals surface area contributed by atoms with Crippen molar-refractivity contribution in [3.63, 3.8) is 0 Å². The summed E-state index contributed by atoms with van der Waals surface area (Å²) in [7, 11) is 1.85. The molecule has 0 spiro atoms. The monoisotopic (exact) mass is 248 g/mol. The number of nitrogens with zero attached hydrogens (tertiary/aromatic N) is 1. The molecule has 2 N–H and O–H groups in total. The largest absolute Gasteiger partial charge is 0.508 e. The Morgan fingerprint density at radius 2 is 2.22 bits per heavy atom. The number of phenolic OH excluding ortho intramolecular Hbond substituents is 1. The Hall–Kier alpha value is -1.55. The van der Waals surface area contributed by atoms with E-state index < -0.39 is 0 Å². The van der Waals surface area contributed by atoms with Gasteiger partial charge in [-0.15, -0.1) is 0 Å². The van der Waals surface area contributed by atoms with Crippen molar-refractivity contribution in [2.45, 2.75) is 25.3 Å². The Morgan fingerprint density at radius 3 is 3.00 bits per heavy atom. The van der Waals surface area contributed by atoms with E-state index in [1.807, 2.05) is 11.9 Å². The lowest BCUT2D eigenvalue weighted by atomic mass is 10.1. The molecule has 1 aromatic carbocycles. The first-order valence-corrected chi connectivity index (χ1v) is 6.45. The van der Waals surface area contributed by atoms with Gasteiger partial charge in [-0.3, -0.25) is 4.79 Å². The highest BCUT2D eigenvalue weighted by Crippen LogP contribution is 2.17. The van der Waals surface area contributed by atoms with Crippen LogP contribution in [0.3, 0.4) is 0 Å². The van der Waals surface area contributed by atoms with Crippen LogP contribution in [-0.2, 0) is 0 Å². The van der Waals surface area contributed by atoms with Crippen LogP contribution in [0.5, 0.6) is 5.75 Å². The fraction of sp³-hybridized carbons (Fsp3) is 0.500. The van der Waals surface area contributed by atoms with E-state index in [1.54, 1.807) is 18.2 Å². The van der Waals surface area contributed by atoms with Gasteiger partial charge in [-0.2, -0.15) is 0 Å². The molecule has 18 heavy (non-hydrogen) atoms. The highest BCUT2D eigenvalue weighted by molar-refractivity contribution is 5.94. The SMILES string of the molecule is CN(C(=O)c1cccc(O)c1)C1CCCNCC1. The van der Waals surface area contributed by atoms with Gasteiger partial charge in [-0.05, 0) is 50.6 Å². The highest BCUT2D eigenvalue weighted by atomic mass is 16.3. The van der Waals surface area contributed by atoms with Crippen LogP contribution in [0.2, 0.25) is 0 Å². The summed E-state index contributed by atoms with van der Waals surface area (Å²) in [6.45, 7) is 1.99. The lowest BCUT2D eigenvalue weighted by Gasteiger charge is -2.27. The second-order valence-corrected chi connectivity index (χ2v) is 4.80. The average Bonchev–Trinajstić information content (AvgIpc) is 2.66. The lowest BCUT2D eigenvalue weighted by Crippen LogP contribution is -2.37. The lowest BCUT2D eigenvalue weighted by molar-refractivity contribution is 0.0720. The maximum absolute atomic E-state index is 12.3. The third-order valence-corrected chi connectivity index (χ3v) is 3.51. The van der Waals surface area contributed by atoms with E-state index in [9.17, 15) is 9.90 Å². The van der Waals surface area contributed by atoms with E-state index >= 15 is 0 Å². The van der Waals surface area contributed by atoms with Gasteiger partial charge in [0.25, 0.3) is 5.91 Å². The van der Waals surface area contributed by atoms with Crippen LogP contribution in [0.25, 0.3) is 0 Å². The minimum atomic E-state index is -0.0159. The van der Waals surface area contributed by atoms with Crippen molar-refractivity contribution < 1.29 is 9.90 Å². The number of carbonyl (C=O) groups is 1. The zero-order chi connectivity index (χ0) is 13.0. The van der Waals surface area contributed by atoms with Crippen LogP contribution in [-0.4, -0.2) is 42.1 Å². The Morgan fingerprint density at radius 1 is 1.39 bits per heavy atom. The average molecular weight is 248 g/mol. The van der Waals surface area contributed by atoms with Gasteiger partial charge in [-0.1, -0.05) is 6.07 Å². The molecule has 0 aliphatic carbocycles. The zero-order valence-electron chi connectivity index (χ0n) is 10.7. The van der Waals surface area contributed by atoms with E-state index in [1.165, 1.54) is 6.07 Å². The van der Waals surface area contributed by atoms with E-state index in [-0.39, 0.29) is 17.7 Å². The molecule has 1 heterocycles. The first-order valence-electron chi connectivity index (χ1n) is 6.45. The normalized spacial score (nSPS) is 20.2. The first-order chi connectivity index (χ1) is 8.68. The molecule has 0 radical (unpaired) electrons. The second-order valence-electron chi connectivity index (χ2n) is 4.80. The quantitative estimate of drug-likeness (QED) is 0.836. The van der Waals surface area contributed by atoms with Crippen LogP contribution in [0, 0.1) is 0 Å². The Labute approximate surface area is 108 Å². The van der Waals surface area contributed by atoms with Crippen LogP contribution in [0.15, 0.2) is 24.3 Å². The maximum atomic E-state index is 12.3. The molecule has 1 saturated heterocycles. The van der Waals surface area contributed by atoms with E-state index in [2.05, 4.69) is 5.32 Å². The van der Waals surface area contributed by atoms with Crippen molar-refractivity contribution in [1.82, 2.24) is 10.2 Å². The van der Waals surface area contributed by atoms with Crippen molar-refractivity contribution in [2.24, 2.45) is 0 Å². The topological polar surface area (TPSA) is 52.6 Å². The zero-order valence-corrected chi connectivity index (χ0v) is 10.7. The fourth-order valence-electron chi connectivity index (χ4n) is 2.40. The molecule has 1 unspecified atom stereocenters. The molecule has 4 heteroatoms. The minimum Gasteiger partial charge on any atom is -0.508 e. The molecule has 0 saturated carbocycles. The molecular weight excluding hydrogens is 228 g/mol. The molecule has 4 nitrogen and oxygen atoms in total. The van der Waals surface area contributed by atoms with Crippen LogP contribution in [0.1, 0.15) is 29.6 Å². The number of hydrogen-bond acceptors (Lipinski definition) is 3. The van der Waals surface area contributed by atoms with Crippen molar-refractivity contribution in [2.75, 3.05) is 20.1 Å². The molecule has 1 aliphatic heterocycles. The number of aromatic hydroxyl groups is 1. The predicted octanol–water partition coefficient (Wildman–Crippen LogP) is 1.61. The van der Waals surface area contributed by atoms with Gasteiger partial charge in [0.05, 0.1) is 0 Å². The van der Waals surface area contributed by atoms with E-state index in [4.69, 9.17) is 0 Å². The predicted molar refractivity (Wildman–Crippen MR) is 70.7 cm³/mol. The third-order valence-electron chi connectivity index (χ3n) is 3.51. The first kappa shape index (κ1) is 12.9.